The largest absolute Gasteiger partial charge is 2.00 e. The average Bonchev–Trinajstić information content (AvgIpc) is 2.64. The van der Waals surface area contributed by atoms with Crippen molar-refractivity contribution in [2.75, 3.05) is 0 Å². The number of halogens is 2. The van der Waals surface area contributed by atoms with Crippen LogP contribution in [0.2, 0.25) is 0 Å². The molecule has 2 rings (SSSR count). The third kappa shape index (κ3) is 42.4. The van der Waals surface area contributed by atoms with Gasteiger partial charge in [0.15, 0.2) is 0 Å². The van der Waals surface area contributed by atoms with E-state index in [0.29, 0.717) is 11.1 Å². The van der Waals surface area contributed by atoms with E-state index in [1.54, 1.807) is 48.5 Å². The van der Waals surface area contributed by atoms with Crippen molar-refractivity contribution in [1.82, 2.24) is 0 Å². The molecular weight excluding hydrogens is 658 g/mol. The molecule has 2 aromatic carbocycles. The molecule has 0 aliphatic carbocycles. The Morgan fingerprint density at radius 3 is 1.06 bits per heavy atom. The van der Waals surface area contributed by atoms with E-state index in [1.807, 2.05) is 12.1 Å². The van der Waals surface area contributed by atoms with Crippen LogP contribution in [-0.2, 0) is 126 Å². The fourth-order valence-electron chi connectivity index (χ4n) is 1.18. The normalized spacial score (nSPS) is 6.38. The molecule has 4 nitrogen and oxygen atoms in total. The van der Waals surface area contributed by atoms with Crippen LogP contribution in [0.4, 0.5) is 0 Å². The van der Waals surface area contributed by atoms with Crippen molar-refractivity contribution in [3.63, 3.8) is 0 Å². The first-order valence-corrected chi connectivity index (χ1v) is 11.6. The molecule has 12 heteroatoms. The molecule has 0 aliphatic heterocycles. The van der Waals surface area contributed by atoms with Gasteiger partial charge in [-0.1, -0.05) is 74.0 Å². The number of carbonyl (C=O) groups is 2. The Morgan fingerprint density at radius 2 is 0.969 bits per heavy atom. The second-order valence-electron chi connectivity index (χ2n) is 4.32. The number of hydrogen-bond donors (Lipinski definition) is 0. The van der Waals surface area contributed by atoms with Crippen LogP contribution < -0.4 is 0 Å². The van der Waals surface area contributed by atoms with Gasteiger partial charge < -0.3 is 42.8 Å². The van der Waals surface area contributed by atoms with Crippen molar-refractivity contribution >= 4 is 30.4 Å². The number of benzene rings is 2. The van der Waals surface area contributed by atoms with Crippen molar-refractivity contribution in [3.8, 4) is 0 Å². The first-order chi connectivity index (χ1) is 11.9. The van der Waals surface area contributed by atoms with Crippen LogP contribution in [0.3, 0.4) is 0 Å². The molecular formula is C20H27Cl2N2O2Ti6-3. The molecule has 2 N–H and O–H groups in total. The maximum Gasteiger partial charge on any atom is 2.00 e. The van der Waals surface area contributed by atoms with Crippen molar-refractivity contribution in [3.05, 3.63) is 105 Å². The maximum atomic E-state index is 10.3. The summed E-state index contributed by atoms with van der Waals surface area (Å²) in [5, 5.41) is 0. The Bertz CT molecular complexity index is 535. The Kier molecular flexibility index (Phi) is 86.4. The second-order valence-corrected chi connectivity index (χ2v) is 6.89. The van der Waals surface area contributed by atoms with Gasteiger partial charge in [-0.15, -0.1) is 0 Å². The van der Waals surface area contributed by atoms with Gasteiger partial charge in [0.1, 0.15) is 0 Å². The Hall–Kier alpha value is 2.25. The van der Waals surface area contributed by atoms with Crippen molar-refractivity contribution in [2.45, 2.75) is 19.8 Å². The molecule has 0 saturated carbocycles. The van der Waals surface area contributed by atoms with Crippen LogP contribution in [-0.4, -0.2) is 11.8 Å². The van der Waals surface area contributed by atoms with Gasteiger partial charge in [0.25, 0.3) is 0 Å². The molecule has 32 heavy (non-hydrogen) atoms. The average molecular weight is 686 g/mol. The van der Waals surface area contributed by atoms with Crippen LogP contribution in [0.15, 0.2) is 60.7 Å². The van der Waals surface area contributed by atoms with E-state index in [0.717, 1.165) is 6.42 Å². The number of rotatable bonds is 3. The molecule has 0 aromatic heterocycles. The summed E-state index contributed by atoms with van der Waals surface area (Å²) in [6, 6.07) is 17.1. The SMILES string of the molecule is [CH2-]CCC.[CH3-].[CH3-].[Cl][Ti][Cl].[NH-]C(=O)c1ccccc1.[NH-]C(=O)c1ccccc1.[Ti+2].[Ti].[Ti].[Ti].[Ti]. The predicted octanol–water partition coefficient (Wildman–Crippen LogP) is 7.64. The van der Waals surface area contributed by atoms with Gasteiger partial charge >= 0.3 is 57.4 Å². The molecule has 2 aromatic rings. The summed E-state index contributed by atoms with van der Waals surface area (Å²) in [5.41, 5.74) is 14.2. The minimum absolute atomic E-state index is 0. The maximum absolute atomic E-state index is 10.3. The molecule has 0 atom stereocenters. The Balaban J connectivity index is -0.0000000315. The van der Waals surface area contributed by atoms with Crippen molar-refractivity contribution in [2.24, 2.45) is 0 Å². The first kappa shape index (κ1) is 59.4. The molecule has 0 unspecified atom stereocenters. The van der Waals surface area contributed by atoms with Crippen LogP contribution in [0.25, 0.3) is 11.5 Å². The van der Waals surface area contributed by atoms with Crippen LogP contribution >= 0.6 is 18.6 Å². The van der Waals surface area contributed by atoms with E-state index in [1.165, 1.54) is 6.42 Å². The summed E-state index contributed by atoms with van der Waals surface area (Å²) < 4.78 is 0. The zero-order chi connectivity index (χ0) is 19.5. The Morgan fingerprint density at radius 1 is 0.781 bits per heavy atom. The van der Waals surface area contributed by atoms with Gasteiger partial charge in [-0.25, -0.2) is 0 Å². The molecule has 0 bridgehead atoms. The van der Waals surface area contributed by atoms with E-state index in [2.05, 4.69) is 13.8 Å². The number of carbonyl (C=O) groups excluding carboxylic acids is 2. The minimum atomic E-state index is -0.629. The zero-order valence-corrected chi connectivity index (χ0v) is 29.3. The van der Waals surface area contributed by atoms with E-state index in [-0.39, 0.29) is 123 Å². The van der Waals surface area contributed by atoms with Crippen molar-refractivity contribution in [1.29, 1.82) is 0 Å². The topological polar surface area (TPSA) is 81.7 Å². The molecule has 170 valence electrons. The number of amides is 2. The molecule has 0 aliphatic rings. The number of unbranched alkanes of at least 4 members (excludes halogenated alkanes) is 1. The number of hydrogen-bond acceptors (Lipinski definition) is 2. The van der Waals surface area contributed by atoms with Crippen LogP contribution in [0, 0.1) is 21.8 Å². The summed E-state index contributed by atoms with van der Waals surface area (Å²) in [7, 11) is 9.78. The van der Waals surface area contributed by atoms with Gasteiger partial charge in [0.05, 0.1) is 11.8 Å². The zero-order valence-electron chi connectivity index (χ0n) is 18.5. The molecule has 0 saturated heterocycles. The van der Waals surface area contributed by atoms with Gasteiger partial charge in [-0.3, -0.25) is 0 Å². The predicted molar refractivity (Wildman–Crippen MR) is 115 cm³/mol. The second kappa shape index (κ2) is 46.6. The van der Waals surface area contributed by atoms with Crippen LogP contribution in [0.5, 0.6) is 0 Å². The summed E-state index contributed by atoms with van der Waals surface area (Å²) in [6.07, 6.45) is 2.28. The van der Waals surface area contributed by atoms with Gasteiger partial charge in [0, 0.05) is 86.9 Å². The van der Waals surface area contributed by atoms with E-state index in [4.69, 9.17) is 30.1 Å². The third-order valence-corrected chi connectivity index (χ3v) is 2.43. The standard InChI is InChI=1S/2C7H7NO.C4H9.2CH3.2ClH.6Ti/c2*8-7(9)6-4-2-1-3-5-6;1-3-4-2;;;;;;;;;;/h2*1-5H,(H2,8,9);1,3-4H2,2H3;2*1H3;2*1H;;;;;;/q;;3*-1;;;;;;;2*+2/p-4. The fraction of sp³-hybridized carbons (Fsp3) is 0.150. The van der Waals surface area contributed by atoms with E-state index in [9.17, 15) is 9.59 Å². The van der Waals surface area contributed by atoms with Gasteiger partial charge in [-0.05, 0) is 11.1 Å². The summed E-state index contributed by atoms with van der Waals surface area (Å²) >= 11 is -0.556. The van der Waals surface area contributed by atoms with E-state index >= 15 is 0 Å². The third-order valence-electron chi connectivity index (χ3n) is 2.43. The van der Waals surface area contributed by atoms with Gasteiger partial charge in [-0.2, -0.15) is 6.42 Å². The van der Waals surface area contributed by atoms with Crippen LogP contribution in [0.1, 0.15) is 40.5 Å². The molecule has 0 radical (unpaired) electrons. The van der Waals surface area contributed by atoms with E-state index < -0.39 is 28.8 Å². The summed E-state index contributed by atoms with van der Waals surface area (Å²) in [6.45, 7) is 5.72. The van der Waals surface area contributed by atoms with Crippen molar-refractivity contribution < 1.29 is 135 Å². The molecule has 0 spiro atoms. The quantitative estimate of drug-likeness (QED) is 0.246. The first-order valence-electron chi connectivity index (χ1n) is 7.31. The molecule has 0 heterocycles. The van der Waals surface area contributed by atoms with Gasteiger partial charge in [0.2, 0.25) is 0 Å². The summed E-state index contributed by atoms with van der Waals surface area (Å²) in [5.74, 6) is -1.26. The Labute approximate surface area is 286 Å². The summed E-state index contributed by atoms with van der Waals surface area (Å²) in [4.78, 5) is 20.6. The monoisotopic (exact) mass is 685 g/mol. The smallest absolute Gasteiger partial charge is 0.664 e. The fourth-order valence-corrected chi connectivity index (χ4v) is 1.18. The number of nitrogens with one attached hydrogen (secondary N) is 2. The minimum Gasteiger partial charge on any atom is -0.664 e. The molecule has 0 fully saturated rings. The molecule has 2 amide bonds.